The summed E-state index contributed by atoms with van der Waals surface area (Å²) in [7, 11) is 0. The van der Waals surface area contributed by atoms with Crippen molar-refractivity contribution in [3.63, 3.8) is 0 Å². The van der Waals surface area contributed by atoms with Crippen LogP contribution in [0.1, 0.15) is 19.4 Å². The number of halogens is 8. The first kappa shape index (κ1) is 28.9. The van der Waals surface area contributed by atoms with Gasteiger partial charge in [0.1, 0.15) is 11.5 Å². The third-order valence-corrected chi connectivity index (χ3v) is 4.72. The van der Waals surface area contributed by atoms with Gasteiger partial charge in [0.25, 0.3) is 0 Å². The molecule has 3 nitrogen and oxygen atoms in total. The molecule has 196 valence electrons. The molecule has 0 aliphatic rings. The number of aliphatic hydroxyl groups excluding tert-OH is 1. The number of benzene rings is 3. The van der Waals surface area contributed by atoms with Crippen molar-refractivity contribution < 1.29 is 45.0 Å². The minimum atomic E-state index is -5.91. The molecule has 3 aromatic carbocycles. The van der Waals surface area contributed by atoms with Crippen molar-refractivity contribution in [2.24, 2.45) is 0 Å². The van der Waals surface area contributed by atoms with E-state index in [0.29, 0.717) is 17.9 Å². The van der Waals surface area contributed by atoms with Crippen molar-refractivity contribution in [3.05, 3.63) is 84.4 Å². The van der Waals surface area contributed by atoms with Crippen molar-refractivity contribution in [1.29, 1.82) is 0 Å². The molecule has 1 N–H and O–H groups in total. The molecular formula is C25H23F8NO2. The Morgan fingerprint density at radius 3 is 1.81 bits per heavy atom. The maximum Gasteiger partial charge on any atom is 0.458 e. The van der Waals surface area contributed by atoms with Crippen molar-refractivity contribution in [2.45, 2.75) is 38.2 Å². The second-order valence-corrected chi connectivity index (χ2v) is 7.20. The highest BCUT2D eigenvalue weighted by Crippen LogP contribution is 2.45. The molecule has 0 saturated carbocycles. The van der Waals surface area contributed by atoms with Crippen LogP contribution in [0.2, 0.25) is 0 Å². The van der Waals surface area contributed by atoms with Gasteiger partial charge in [-0.05, 0) is 36.4 Å². The van der Waals surface area contributed by atoms with E-state index in [2.05, 4.69) is 0 Å². The Kier molecular flexibility index (Phi) is 9.31. The number of hydrogen-bond acceptors (Lipinski definition) is 3. The van der Waals surface area contributed by atoms with Gasteiger partial charge < -0.3 is 14.7 Å². The molecule has 0 radical (unpaired) electrons. The molecule has 0 amide bonds. The summed E-state index contributed by atoms with van der Waals surface area (Å²) < 4.78 is 111. The summed E-state index contributed by atoms with van der Waals surface area (Å²) in [5.74, 6) is -4.68. The zero-order valence-electron chi connectivity index (χ0n) is 19.1. The molecule has 0 aliphatic carbocycles. The number of alkyl halides is 8. The Bertz CT molecular complexity index is 1100. The molecule has 0 saturated heterocycles. The molecule has 36 heavy (non-hydrogen) atoms. The lowest BCUT2D eigenvalue weighted by Crippen LogP contribution is -2.39. The highest BCUT2D eigenvalue weighted by Gasteiger charge is 2.58. The van der Waals surface area contributed by atoms with Crippen LogP contribution in [0.4, 0.5) is 46.5 Å². The van der Waals surface area contributed by atoms with E-state index < -0.39 is 42.2 Å². The summed E-state index contributed by atoms with van der Waals surface area (Å²) in [5.41, 5.74) is -1.91. The molecule has 0 aromatic heterocycles. The SMILES string of the molecule is CC.O[C@H](CN(c1cccc(Oc2ccccc2)c1)c1cccc(C(F)(F)C(F)(F)F)c1)C(F)(F)F. The summed E-state index contributed by atoms with van der Waals surface area (Å²) in [4.78, 5) is 0.784. The fourth-order valence-electron chi connectivity index (χ4n) is 3.01. The van der Waals surface area contributed by atoms with E-state index in [9.17, 15) is 40.2 Å². The second-order valence-electron chi connectivity index (χ2n) is 7.20. The van der Waals surface area contributed by atoms with Gasteiger partial charge in [-0.15, -0.1) is 0 Å². The third-order valence-electron chi connectivity index (χ3n) is 4.72. The van der Waals surface area contributed by atoms with Gasteiger partial charge >= 0.3 is 18.3 Å². The van der Waals surface area contributed by atoms with Crippen LogP contribution in [0.3, 0.4) is 0 Å². The lowest BCUT2D eigenvalue weighted by molar-refractivity contribution is -0.289. The van der Waals surface area contributed by atoms with Gasteiger partial charge in [-0.2, -0.15) is 35.1 Å². The van der Waals surface area contributed by atoms with E-state index in [1.807, 2.05) is 13.8 Å². The first-order valence-electron chi connectivity index (χ1n) is 10.7. The predicted octanol–water partition coefficient (Wildman–Crippen LogP) is 8.22. The number of para-hydroxylation sites is 1. The van der Waals surface area contributed by atoms with Crippen LogP contribution in [-0.4, -0.2) is 30.1 Å². The first-order chi connectivity index (χ1) is 16.8. The van der Waals surface area contributed by atoms with Crippen LogP contribution >= 0.6 is 0 Å². The average molecular weight is 521 g/mol. The van der Waals surface area contributed by atoms with Crippen LogP contribution < -0.4 is 9.64 Å². The van der Waals surface area contributed by atoms with E-state index in [1.165, 1.54) is 24.3 Å². The molecule has 0 heterocycles. The Balaban J connectivity index is 0.00000222. The zero-order chi connectivity index (χ0) is 27.1. The fourth-order valence-corrected chi connectivity index (χ4v) is 3.01. The maximum absolute atomic E-state index is 13.9. The van der Waals surface area contributed by atoms with Crippen LogP contribution in [-0.2, 0) is 5.92 Å². The molecule has 0 spiro atoms. The van der Waals surface area contributed by atoms with Gasteiger partial charge in [0, 0.05) is 23.0 Å². The quantitative estimate of drug-likeness (QED) is 0.318. The zero-order valence-corrected chi connectivity index (χ0v) is 19.1. The van der Waals surface area contributed by atoms with Crippen molar-refractivity contribution >= 4 is 11.4 Å². The van der Waals surface area contributed by atoms with Gasteiger partial charge in [-0.1, -0.05) is 50.2 Å². The molecule has 11 heteroatoms. The highest BCUT2D eigenvalue weighted by atomic mass is 19.4. The van der Waals surface area contributed by atoms with E-state index in [4.69, 9.17) is 4.74 Å². The van der Waals surface area contributed by atoms with Gasteiger partial charge in [0.15, 0.2) is 6.10 Å². The third kappa shape index (κ3) is 7.09. The minimum absolute atomic E-state index is 0.0378. The molecule has 1 atom stereocenters. The van der Waals surface area contributed by atoms with Gasteiger partial charge in [-0.25, -0.2) is 0 Å². The fraction of sp³-hybridized carbons (Fsp3) is 0.280. The molecule has 0 aliphatic heterocycles. The van der Waals surface area contributed by atoms with E-state index >= 15 is 0 Å². The summed E-state index contributed by atoms with van der Waals surface area (Å²) in [6.45, 7) is 2.83. The Labute approximate surface area is 202 Å². The summed E-state index contributed by atoms with van der Waals surface area (Å²) in [6, 6.07) is 16.6. The smallest absolute Gasteiger partial charge is 0.457 e. The number of ether oxygens (including phenoxy) is 1. The van der Waals surface area contributed by atoms with E-state index in [1.54, 1.807) is 30.3 Å². The lowest BCUT2D eigenvalue weighted by atomic mass is 10.1. The molecule has 0 fully saturated rings. The summed E-state index contributed by atoms with van der Waals surface area (Å²) in [6.07, 6.45) is -13.9. The minimum Gasteiger partial charge on any atom is -0.457 e. The lowest BCUT2D eigenvalue weighted by Gasteiger charge is -2.29. The number of anilines is 2. The summed E-state index contributed by atoms with van der Waals surface area (Å²) >= 11 is 0. The predicted molar refractivity (Wildman–Crippen MR) is 120 cm³/mol. The van der Waals surface area contributed by atoms with Gasteiger partial charge in [0.05, 0.1) is 6.54 Å². The molecular weight excluding hydrogens is 498 g/mol. The summed E-state index contributed by atoms with van der Waals surface area (Å²) in [5, 5.41) is 9.62. The number of aliphatic hydroxyl groups is 1. The van der Waals surface area contributed by atoms with Crippen LogP contribution in [0, 0.1) is 0 Å². The van der Waals surface area contributed by atoms with E-state index in [0.717, 1.165) is 17.0 Å². The molecule has 3 aromatic rings. The van der Waals surface area contributed by atoms with Crippen molar-refractivity contribution in [2.75, 3.05) is 11.4 Å². The van der Waals surface area contributed by atoms with Gasteiger partial charge in [0.2, 0.25) is 0 Å². The number of rotatable bonds is 7. The highest BCUT2D eigenvalue weighted by molar-refractivity contribution is 5.66. The topological polar surface area (TPSA) is 32.7 Å². The Morgan fingerprint density at radius 1 is 0.722 bits per heavy atom. The monoisotopic (exact) mass is 521 g/mol. The van der Waals surface area contributed by atoms with Crippen molar-refractivity contribution in [3.8, 4) is 11.5 Å². The molecule has 0 bridgehead atoms. The van der Waals surface area contributed by atoms with Crippen LogP contribution in [0.5, 0.6) is 11.5 Å². The maximum atomic E-state index is 13.9. The Hall–Kier alpha value is -3.34. The van der Waals surface area contributed by atoms with Crippen LogP contribution in [0.15, 0.2) is 78.9 Å². The van der Waals surface area contributed by atoms with Crippen molar-refractivity contribution in [1.82, 2.24) is 0 Å². The molecule has 3 rings (SSSR count). The molecule has 0 unspecified atom stereocenters. The number of hydrogen-bond donors (Lipinski definition) is 1. The van der Waals surface area contributed by atoms with E-state index in [-0.39, 0.29) is 11.4 Å². The Morgan fingerprint density at radius 2 is 1.25 bits per heavy atom. The van der Waals surface area contributed by atoms with Crippen LogP contribution in [0.25, 0.3) is 0 Å². The first-order valence-corrected chi connectivity index (χ1v) is 10.7. The normalized spacial score (nSPS) is 12.9. The average Bonchev–Trinajstić information content (AvgIpc) is 2.83. The number of nitrogens with zero attached hydrogens (tertiary/aromatic N) is 1. The largest absolute Gasteiger partial charge is 0.458 e. The second kappa shape index (κ2) is 11.6. The van der Waals surface area contributed by atoms with Gasteiger partial charge in [-0.3, -0.25) is 0 Å². The standard InChI is InChI=1S/C23H17F8NO2.C2H6/c24-21(25,23(29,30)31)15-6-4-7-16(12-15)32(14-20(33)22(26,27)28)17-8-5-11-19(13-17)34-18-9-2-1-3-10-18;1-2/h1-13,20,33H,14H2;1-2H3/t20-;/m1./s1.